The highest BCUT2D eigenvalue weighted by Crippen LogP contribution is 2.30. The predicted molar refractivity (Wildman–Crippen MR) is 103 cm³/mol. The first kappa shape index (κ1) is 20.3. The summed E-state index contributed by atoms with van der Waals surface area (Å²) >= 11 is 0. The van der Waals surface area contributed by atoms with Crippen LogP contribution in [0.15, 0.2) is 45.9 Å². The molecule has 0 radical (unpaired) electrons. The van der Waals surface area contributed by atoms with Crippen molar-refractivity contribution in [3.63, 3.8) is 0 Å². The lowest BCUT2D eigenvalue weighted by Crippen LogP contribution is -2.40. The van der Waals surface area contributed by atoms with Crippen molar-refractivity contribution in [2.45, 2.75) is 30.7 Å². The molecule has 1 atom stereocenters. The standard InChI is InChI=1S/C18H23N3O6S/c1-14(4-5-15-3-2-10-27-15)19-17-7-6-16(13-18(17)21(22)23)28(24,25)20-8-11-26-12-9-20/h2-3,6-7,10,13-14,19H,4-5,8-9,11-12H2,1H3/t14-/m0/s1. The van der Waals surface area contributed by atoms with E-state index in [-0.39, 0.29) is 35.4 Å². The van der Waals surface area contributed by atoms with E-state index in [1.54, 1.807) is 6.26 Å². The van der Waals surface area contributed by atoms with Gasteiger partial charge in [0.05, 0.1) is 29.3 Å². The number of rotatable bonds is 8. The zero-order valence-electron chi connectivity index (χ0n) is 15.5. The smallest absolute Gasteiger partial charge is 0.293 e. The number of nitro groups is 1. The van der Waals surface area contributed by atoms with Gasteiger partial charge in [-0.2, -0.15) is 4.31 Å². The summed E-state index contributed by atoms with van der Waals surface area (Å²) in [6.07, 6.45) is 3.00. The monoisotopic (exact) mass is 409 g/mol. The number of anilines is 1. The molecule has 1 aromatic carbocycles. The van der Waals surface area contributed by atoms with Gasteiger partial charge in [-0.25, -0.2) is 8.42 Å². The topological polar surface area (TPSA) is 115 Å². The fourth-order valence-electron chi connectivity index (χ4n) is 3.03. The van der Waals surface area contributed by atoms with E-state index in [1.807, 2.05) is 19.1 Å². The van der Waals surface area contributed by atoms with E-state index >= 15 is 0 Å². The molecule has 10 heteroatoms. The lowest BCUT2D eigenvalue weighted by atomic mass is 10.1. The lowest BCUT2D eigenvalue weighted by molar-refractivity contribution is -0.384. The number of aryl methyl sites for hydroxylation is 1. The number of nitro benzene ring substituents is 1. The van der Waals surface area contributed by atoms with E-state index in [4.69, 9.17) is 9.15 Å². The largest absolute Gasteiger partial charge is 0.469 e. The first-order valence-corrected chi connectivity index (χ1v) is 10.5. The van der Waals surface area contributed by atoms with Gasteiger partial charge in [-0.05, 0) is 37.6 Å². The molecule has 0 unspecified atom stereocenters. The zero-order valence-corrected chi connectivity index (χ0v) is 16.4. The maximum atomic E-state index is 12.7. The summed E-state index contributed by atoms with van der Waals surface area (Å²) in [5.74, 6) is 0.843. The second kappa shape index (κ2) is 8.72. The number of ether oxygens (including phenoxy) is 1. The molecule has 0 bridgehead atoms. The molecular formula is C18H23N3O6S. The number of benzene rings is 1. The van der Waals surface area contributed by atoms with Crippen LogP contribution in [0.25, 0.3) is 0 Å². The molecule has 1 N–H and O–H groups in total. The summed E-state index contributed by atoms with van der Waals surface area (Å²) < 4.78 is 37.2. The number of nitrogens with zero attached hydrogens (tertiary/aromatic N) is 2. The molecule has 1 saturated heterocycles. The van der Waals surface area contributed by atoms with Crippen molar-refractivity contribution in [1.29, 1.82) is 0 Å². The summed E-state index contributed by atoms with van der Waals surface area (Å²) in [7, 11) is -3.79. The molecule has 2 heterocycles. The van der Waals surface area contributed by atoms with Crippen LogP contribution in [0.1, 0.15) is 19.1 Å². The molecule has 0 amide bonds. The summed E-state index contributed by atoms with van der Waals surface area (Å²) in [5.41, 5.74) is 0.0251. The van der Waals surface area contributed by atoms with Crippen LogP contribution in [0, 0.1) is 10.1 Å². The second-order valence-corrected chi connectivity index (χ2v) is 8.55. The third-order valence-corrected chi connectivity index (χ3v) is 6.47. The van der Waals surface area contributed by atoms with Crippen LogP contribution in [-0.4, -0.2) is 50.0 Å². The number of furan rings is 1. The Morgan fingerprint density at radius 1 is 1.29 bits per heavy atom. The molecular weight excluding hydrogens is 386 g/mol. The van der Waals surface area contributed by atoms with Crippen LogP contribution in [0.2, 0.25) is 0 Å². The Bertz CT molecular complexity index is 907. The second-order valence-electron chi connectivity index (χ2n) is 6.62. The summed E-state index contributed by atoms with van der Waals surface area (Å²) in [5, 5.41) is 14.6. The van der Waals surface area contributed by atoms with E-state index in [2.05, 4.69) is 5.32 Å². The molecule has 28 heavy (non-hydrogen) atoms. The molecule has 152 valence electrons. The number of nitrogens with one attached hydrogen (secondary N) is 1. The fourth-order valence-corrected chi connectivity index (χ4v) is 4.46. The van der Waals surface area contributed by atoms with Crippen molar-refractivity contribution in [3.05, 3.63) is 52.5 Å². The van der Waals surface area contributed by atoms with Crippen LogP contribution >= 0.6 is 0 Å². The minimum Gasteiger partial charge on any atom is -0.469 e. The Labute approximate surface area is 163 Å². The van der Waals surface area contributed by atoms with Gasteiger partial charge in [-0.3, -0.25) is 10.1 Å². The van der Waals surface area contributed by atoms with Gasteiger partial charge in [0.1, 0.15) is 11.4 Å². The number of hydrogen-bond acceptors (Lipinski definition) is 7. The van der Waals surface area contributed by atoms with Gasteiger partial charge < -0.3 is 14.5 Å². The highest BCUT2D eigenvalue weighted by molar-refractivity contribution is 7.89. The van der Waals surface area contributed by atoms with E-state index in [1.165, 1.54) is 16.4 Å². The molecule has 1 aliphatic heterocycles. The van der Waals surface area contributed by atoms with Crippen molar-refractivity contribution < 1.29 is 22.5 Å². The SMILES string of the molecule is C[C@@H](CCc1ccco1)Nc1ccc(S(=O)(=O)N2CCOCC2)cc1[N+](=O)[O-]. The maximum absolute atomic E-state index is 12.7. The van der Waals surface area contributed by atoms with Crippen LogP contribution in [0.4, 0.5) is 11.4 Å². The fraction of sp³-hybridized carbons (Fsp3) is 0.444. The maximum Gasteiger partial charge on any atom is 0.293 e. The molecule has 1 aliphatic rings. The quantitative estimate of drug-likeness (QED) is 0.526. The Balaban J connectivity index is 1.76. The third-order valence-electron chi connectivity index (χ3n) is 4.58. The Kier molecular flexibility index (Phi) is 6.32. The van der Waals surface area contributed by atoms with E-state index in [0.29, 0.717) is 26.1 Å². The number of morpholine rings is 1. The molecule has 1 fully saturated rings. The Hall–Kier alpha value is -2.43. The van der Waals surface area contributed by atoms with Gasteiger partial charge in [0, 0.05) is 31.6 Å². The average Bonchev–Trinajstić information content (AvgIpc) is 3.21. The summed E-state index contributed by atoms with van der Waals surface area (Å²) in [4.78, 5) is 10.9. The molecule has 9 nitrogen and oxygen atoms in total. The number of sulfonamides is 1. The normalized spacial score (nSPS) is 16.6. The van der Waals surface area contributed by atoms with Crippen LogP contribution in [0.3, 0.4) is 0 Å². The highest BCUT2D eigenvalue weighted by atomic mass is 32.2. The molecule has 0 spiro atoms. The molecule has 1 aromatic heterocycles. The molecule has 0 aliphatic carbocycles. The van der Waals surface area contributed by atoms with Gasteiger partial charge in [-0.1, -0.05) is 0 Å². The predicted octanol–water partition coefficient (Wildman–Crippen LogP) is 2.64. The first-order valence-electron chi connectivity index (χ1n) is 9.03. The van der Waals surface area contributed by atoms with Gasteiger partial charge >= 0.3 is 0 Å². The van der Waals surface area contributed by atoms with Gasteiger partial charge in [0.15, 0.2) is 0 Å². The minimum absolute atomic E-state index is 0.0644. The van der Waals surface area contributed by atoms with Crippen molar-refractivity contribution >= 4 is 21.4 Å². The molecule has 2 aromatic rings. The van der Waals surface area contributed by atoms with E-state index in [9.17, 15) is 18.5 Å². The Morgan fingerprint density at radius 3 is 2.68 bits per heavy atom. The van der Waals surface area contributed by atoms with Crippen molar-refractivity contribution in [2.24, 2.45) is 0 Å². The summed E-state index contributed by atoms with van der Waals surface area (Å²) in [6, 6.07) is 7.60. The summed E-state index contributed by atoms with van der Waals surface area (Å²) in [6.45, 7) is 3.01. The van der Waals surface area contributed by atoms with E-state index in [0.717, 1.165) is 11.8 Å². The van der Waals surface area contributed by atoms with Crippen LogP contribution in [-0.2, 0) is 21.2 Å². The highest BCUT2D eigenvalue weighted by Gasteiger charge is 2.29. The van der Waals surface area contributed by atoms with Crippen molar-refractivity contribution in [3.8, 4) is 0 Å². The number of hydrogen-bond donors (Lipinski definition) is 1. The zero-order chi connectivity index (χ0) is 20.1. The van der Waals surface area contributed by atoms with Gasteiger partial charge in [0.25, 0.3) is 5.69 Å². The van der Waals surface area contributed by atoms with Crippen molar-refractivity contribution in [1.82, 2.24) is 4.31 Å². The molecule has 0 saturated carbocycles. The average molecular weight is 409 g/mol. The lowest BCUT2D eigenvalue weighted by Gasteiger charge is -2.26. The first-order chi connectivity index (χ1) is 13.4. The van der Waals surface area contributed by atoms with Crippen LogP contribution in [0.5, 0.6) is 0 Å². The van der Waals surface area contributed by atoms with E-state index < -0.39 is 14.9 Å². The Morgan fingerprint density at radius 2 is 2.04 bits per heavy atom. The van der Waals surface area contributed by atoms with Crippen LogP contribution < -0.4 is 5.32 Å². The third kappa shape index (κ3) is 4.70. The van der Waals surface area contributed by atoms with Gasteiger partial charge in [0.2, 0.25) is 10.0 Å². The van der Waals surface area contributed by atoms with Crippen molar-refractivity contribution in [2.75, 3.05) is 31.6 Å². The van der Waals surface area contributed by atoms with Gasteiger partial charge in [-0.15, -0.1) is 0 Å². The molecule has 3 rings (SSSR count). The minimum atomic E-state index is -3.79.